The summed E-state index contributed by atoms with van der Waals surface area (Å²) >= 11 is 0. The third-order valence-corrected chi connectivity index (χ3v) is 3.36. The summed E-state index contributed by atoms with van der Waals surface area (Å²) in [6.07, 6.45) is 16.6. The summed E-state index contributed by atoms with van der Waals surface area (Å²) in [6, 6.07) is 0. The Bertz CT molecular complexity index is 169. The van der Waals surface area contributed by atoms with Gasteiger partial charge in [0.15, 0.2) is 0 Å². The summed E-state index contributed by atoms with van der Waals surface area (Å²) in [4.78, 5) is 0. The number of unbranched alkanes of at least 4 members (excludes halogenated alkanes) is 10. The standard InChI is InChI=1S/C17H34O2/c1-3-5-6-7-8-9-10-11-12-13-14-15-19-17-16-18-4-2/h4H,2-3,5-17H2,1H3. The zero-order valence-corrected chi connectivity index (χ0v) is 13.0. The van der Waals surface area contributed by atoms with E-state index in [1.54, 1.807) is 0 Å². The van der Waals surface area contributed by atoms with E-state index in [0.717, 1.165) is 6.61 Å². The summed E-state index contributed by atoms with van der Waals surface area (Å²) < 4.78 is 10.4. The van der Waals surface area contributed by atoms with E-state index in [-0.39, 0.29) is 0 Å². The Morgan fingerprint density at radius 1 is 0.684 bits per heavy atom. The average Bonchev–Trinajstić information content (AvgIpc) is 2.43. The molecule has 0 aliphatic rings. The molecular formula is C17H34O2. The Labute approximate surface area is 120 Å². The highest BCUT2D eigenvalue weighted by atomic mass is 16.5. The van der Waals surface area contributed by atoms with Gasteiger partial charge in [0.25, 0.3) is 0 Å². The molecule has 0 heterocycles. The van der Waals surface area contributed by atoms with Crippen molar-refractivity contribution in [1.29, 1.82) is 0 Å². The van der Waals surface area contributed by atoms with Crippen molar-refractivity contribution in [3.8, 4) is 0 Å². The monoisotopic (exact) mass is 270 g/mol. The molecule has 2 heteroatoms. The molecule has 19 heavy (non-hydrogen) atoms. The van der Waals surface area contributed by atoms with Crippen molar-refractivity contribution in [1.82, 2.24) is 0 Å². The molecule has 0 spiro atoms. The first-order chi connectivity index (χ1) is 9.41. The molecule has 0 saturated heterocycles. The van der Waals surface area contributed by atoms with Gasteiger partial charge in [0.05, 0.1) is 12.9 Å². The fourth-order valence-electron chi connectivity index (χ4n) is 2.16. The molecule has 0 amide bonds. The van der Waals surface area contributed by atoms with Crippen LogP contribution in [0.2, 0.25) is 0 Å². The maximum atomic E-state index is 5.45. The minimum atomic E-state index is 0.627. The number of hydrogen-bond donors (Lipinski definition) is 0. The first-order valence-electron chi connectivity index (χ1n) is 8.22. The molecule has 0 aromatic heterocycles. The van der Waals surface area contributed by atoms with E-state index in [2.05, 4.69) is 13.5 Å². The van der Waals surface area contributed by atoms with Crippen LogP contribution < -0.4 is 0 Å². The van der Waals surface area contributed by atoms with Gasteiger partial charge in [-0.15, -0.1) is 0 Å². The van der Waals surface area contributed by atoms with Gasteiger partial charge in [-0.05, 0) is 6.42 Å². The van der Waals surface area contributed by atoms with E-state index in [4.69, 9.17) is 9.47 Å². The quantitative estimate of drug-likeness (QED) is 0.273. The van der Waals surface area contributed by atoms with Crippen molar-refractivity contribution in [3.63, 3.8) is 0 Å². The van der Waals surface area contributed by atoms with Gasteiger partial charge in [0, 0.05) is 6.61 Å². The summed E-state index contributed by atoms with van der Waals surface area (Å²) in [7, 11) is 0. The molecule has 0 aromatic rings. The third-order valence-electron chi connectivity index (χ3n) is 3.36. The average molecular weight is 270 g/mol. The highest BCUT2D eigenvalue weighted by Crippen LogP contribution is 2.11. The molecule has 0 fully saturated rings. The second-order valence-corrected chi connectivity index (χ2v) is 5.19. The van der Waals surface area contributed by atoms with Crippen LogP contribution in [0.5, 0.6) is 0 Å². The molecule has 0 N–H and O–H groups in total. The smallest absolute Gasteiger partial charge is 0.111 e. The topological polar surface area (TPSA) is 18.5 Å². The van der Waals surface area contributed by atoms with Crippen LogP contribution in [0.1, 0.15) is 77.6 Å². The molecule has 0 aliphatic carbocycles. The van der Waals surface area contributed by atoms with Crippen LogP contribution >= 0.6 is 0 Å². The van der Waals surface area contributed by atoms with E-state index in [0.29, 0.717) is 13.2 Å². The lowest BCUT2D eigenvalue weighted by Crippen LogP contribution is -2.02. The summed E-state index contributed by atoms with van der Waals surface area (Å²) in [5.74, 6) is 0. The van der Waals surface area contributed by atoms with Gasteiger partial charge < -0.3 is 9.47 Å². The minimum absolute atomic E-state index is 0.627. The Morgan fingerprint density at radius 2 is 1.21 bits per heavy atom. The largest absolute Gasteiger partial charge is 0.499 e. The number of ether oxygens (including phenoxy) is 2. The van der Waals surface area contributed by atoms with Crippen molar-refractivity contribution in [3.05, 3.63) is 12.8 Å². The first kappa shape index (κ1) is 18.5. The van der Waals surface area contributed by atoms with E-state index in [9.17, 15) is 0 Å². The zero-order valence-electron chi connectivity index (χ0n) is 13.0. The fourth-order valence-corrected chi connectivity index (χ4v) is 2.16. The summed E-state index contributed by atoms with van der Waals surface area (Å²) in [6.45, 7) is 7.94. The number of rotatable bonds is 16. The van der Waals surface area contributed by atoms with Crippen LogP contribution in [0.25, 0.3) is 0 Å². The van der Waals surface area contributed by atoms with E-state index < -0.39 is 0 Å². The lowest BCUT2D eigenvalue weighted by molar-refractivity contribution is 0.0826. The van der Waals surface area contributed by atoms with Crippen LogP contribution in [0, 0.1) is 0 Å². The summed E-state index contributed by atoms with van der Waals surface area (Å²) in [5.41, 5.74) is 0. The molecule has 0 bridgehead atoms. The summed E-state index contributed by atoms with van der Waals surface area (Å²) in [5, 5.41) is 0. The zero-order chi connectivity index (χ0) is 14.0. The van der Waals surface area contributed by atoms with Crippen LogP contribution in [0.4, 0.5) is 0 Å². The predicted octanol–water partition coefficient (Wildman–Crippen LogP) is 5.47. The van der Waals surface area contributed by atoms with E-state index in [1.807, 2.05) is 0 Å². The highest BCUT2D eigenvalue weighted by Gasteiger charge is 1.93. The second-order valence-electron chi connectivity index (χ2n) is 5.19. The van der Waals surface area contributed by atoms with Crippen molar-refractivity contribution in [2.75, 3.05) is 19.8 Å². The maximum absolute atomic E-state index is 5.45. The molecule has 114 valence electrons. The van der Waals surface area contributed by atoms with Crippen LogP contribution in [0.15, 0.2) is 12.8 Å². The Kier molecular flexibility index (Phi) is 17.0. The lowest BCUT2D eigenvalue weighted by atomic mass is 10.1. The SMILES string of the molecule is C=COCCOCCCCCCCCCCCCC. The van der Waals surface area contributed by atoms with Gasteiger partial charge in [-0.1, -0.05) is 77.7 Å². The van der Waals surface area contributed by atoms with Crippen LogP contribution in [0.3, 0.4) is 0 Å². The molecule has 0 saturated carbocycles. The van der Waals surface area contributed by atoms with Crippen molar-refractivity contribution in [2.45, 2.75) is 77.6 Å². The highest BCUT2D eigenvalue weighted by molar-refractivity contribution is 4.49. The maximum Gasteiger partial charge on any atom is 0.111 e. The van der Waals surface area contributed by atoms with Crippen LogP contribution in [-0.2, 0) is 9.47 Å². The van der Waals surface area contributed by atoms with Gasteiger partial charge in [0.1, 0.15) is 6.61 Å². The van der Waals surface area contributed by atoms with Gasteiger partial charge in [-0.2, -0.15) is 0 Å². The molecule has 2 nitrogen and oxygen atoms in total. The molecular weight excluding hydrogens is 236 g/mol. The first-order valence-corrected chi connectivity index (χ1v) is 8.22. The van der Waals surface area contributed by atoms with Crippen molar-refractivity contribution < 1.29 is 9.47 Å². The Balaban J connectivity index is 2.89. The van der Waals surface area contributed by atoms with Crippen molar-refractivity contribution in [2.24, 2.45) is 0 Å². The van der Waals surface area contributed by atoms with Crippen LogP contribution in [-0.4, -0.2) is 19.8 Å². The normalized spacial score (nSPS) is 10.6. The van der Waals surface area contributed by atoms with Gasteiger partial charge >= 0.3 is 0 Å². The van der Waals surface area contributed by atoms with E-state index >= 15 is 0 Å². The second kappa shape index (κ2) is 17.5. The minimum Gasteiger partial charge on any atom is -0.499 e. The van der Waals surface area contributed by atoms with Crippen molar-refractivity contribution >= 4 is 0 Å². The molecule has 0 aromatic carbocycles. The Morgan fingerprint density at radius 3 is 1.74 bits per heavy atom. The van der Waals surface area contributed by atoms with Gasteiger partial charge in [-0.25, -0.2) is 0 Å². The predicted molar refractivity (Wildman–Crippen MR) is 83.4 cm³/mol. The fraction of sp³-hybridized carbons (Fsp3) is 0.882. The lowest BCUT2D eigenvalue weighted by Gasteiger charge is -2.04. The van der Waals surface area contributed by atoms with Gasteiger partial charge in [0.2, 0.25) is 0 Å². The molecule has 0 unspecified atom stereocenters. The van der Waals surface area contributed by atoms with Gasteiger partial charge in [-0.3, -0.25) is 0 Å². The molecule has 0 aliphatic heterocycles. The molecule has 0 radical (unpaired) electrons. The van der Waals surface area contributed by atoms with E-state index in [1.165, 1.54) is 76.9 Å². The molecule has 0 rings (SSSR count). The number of hydrogen-bond acceptors (Lipinski definition) is 2. The molecule has 0 atom stereocenters. The third kappa shape index (κ3) is 17.5. The Hall–Kier alpha value is -0.500.